The molecular formula is C21H19NO6. The van der Waals surface area contributed by atoms with E-state index in [1.807, 2.05) is 42.5 Å². The maximum absolute atomic E-state index is 13.2. The summed E-state index contributed by atoms with van der Waals surface area (Å²) in [4.78, 5) is 37.1. The van der Waals surface area contributed by atoms with Crippen LogP contribution >= 0.6 is 0 Å². The van der Waals surface area contributed by atoms with Crippen LogP contribution in [0.3, 0.4) is 0 Å². The van der Waals surface area contributed by atoms with Gasteiger partial charge in [0.2, 0.25) is 6.10 Å². The normalized spacial score (nSPS) is 30.2. The van der Waals surface area contributed by atoms with E-state index >= 15 is 0 Å². The lowest BCUT2D eigenvalue weighted by atomic mass is 9.79. The van der Waals surface area contributed by atoms with Crippen molar-refractivity contribution in [2.75, 3.05) is 6.61 Å². The molecule has 3 aliphatic heterocycles. The first-order valence-corrected chi connectivity index (χ1v) is 9.33. The lowest BCUT2D eigenvalue weighted by Gasteiger charge is -2.33. The van der Waals surface area contributed by atoms with E-state index in [2.05, 4.69) is 0 Å². The number of hydroxylamine groups is 2. The Morgan fingerprint density at radius 1 is 1.00 bits per heavy atom. The average molecular weight is 381 g/mol. The molecule has 0 bridgehead atoms. The Kier molecular flexibility index (Phi) is 4.16. The Balaban J connectivity index is 1.54. The molecule has 5 atom stereocenters. The van der Waals surface area contributed by atoms with Gasteiger partial charge < -0.3 is 9.47 Å². The fraction of sp³-hybridized carbons (Fsp3) is 0.333. The highest BCUT2D eigenvalue weighted by Gasteiger charge is 2.64. The van der Waals surface area contributed by atoms with E-state index in [-0.39, 0.29) is 18.3 Å². The summed E-state index contributed by atoms with van der Waals surface area (Å²) in [6.07, 6.45) is -2.32. The molecule has 0 aliphatic carbocycles. The average Bonchev–Trinajstić information content (AvgIpc) is 3.28. The fourth-order valence-electron chi connectivity index (χ4n) is 4.20. The zero-order chi connectivity index (χ0) is 19.3. The number of hydrogen-bond donors (Lipinski definition) is 0. The Labute approximate surface area is 161 Å². The second kappa shape index (κ2) is 6.70. The van der Waals surface area contributed by atoms with Crippen LogP contribution in [-0.2, 0) is 19.2 Å². The molecule has 0 spiro atoms. The van der Waals surface area contributed by atoms with E-state index in [0.29, 0.717) is 11.3 Å². The lowest BCUT2D eigenvalue weighted by Crippen LogP contribution is -2.48. The molecular weight excluding hydrogens is 362 g/mol. The summed E-state index contributed by atoms with van der Waals surface area (Å²) in [5.41, 5.74) is 1.43. The first kappa shape index (κ1) is 17.4. The summed E-state index contributed by atoms with van der Waals surface area (Å²) in [5, 5.41) is 1.26. The third-order valence-corrected chi connectivity index (χ3v) is 5.38. The van der Waals surface area contributed by atoms with Crippen LogP contribution in [-0.4, -0.2) is 47.9 Å². The molecule has 2 fully saturated rings. The molecule has 0 radical (unpaired) electrons. The molecule has 0 amide bonds. The van der Waals surface area contributed by atoms with Crippen molar-refractivity contribution in [3.8, 4) is 5.75 Å². The molecule has 7 nitrogen and oxygen atoms in total. The van der Waals surface area contributed by atoms with E-state index in [1.54, 1.807) is 19.1 Å². The van der Waals surface area contributed by atoms with Gasteiger partial charge in [-0.05, 0) is 13.0 Å². The largest absolute Gasteiger partial charge is 0.485 e. The van der Waals surface area contributed by atoms with Crippen molar-refractivity contribution in [2.45, 2.75) is 37.2 Å². The molecule has 3 heterocycles. The number of fused-ring (bicyclic) bond motifs is 2. The van der Waals surface area contributed by atoms with E-state index < -0.39 is 30.3 Å². The first-order valence-electron chi connectivity index (χ1n) is 9.33. The number of para-hydroxylation sites is 1. The van der Waals surface area contributed by atoms with Crippen LogP contribution in [0.1, 0.15) is 28.8 Å². The second-order valence-electron chi connectivity index (χ2n) is 6.96. The van der Waals surface area contributed by atoms with Gasteiger partial charge in [-0.15, -0.1) is 0 Å². The minimum absolute atomic E-state index is 0.133. The maximum atomic E-state index is 13.2. The summed E-state index contributed by atoms with van der Waals surface area (Å²) in [5.74, 6) is -0.326. The molecule has 28 heavy (non-hydrogen) atoms. The number of rotatable bonds is 4. The predicted molar refractivity (Wildman–Crippen MR) is 96.4 cm³/mol. The number of carbonyl (C=O) groups excluding carboxylic acids is 2. The van der Waals surface area contributed by atoms with Gasteiger partial charge in [0.25, 0.3) is 0 Å². The van der Waals surface area contributed by atoms with Crippen molar-refractivity contribution in [1.29, 1.82) is 0 Å². The van der Waals surface area contributed by atoms with E-state index in [4.69, 9.17) is 19.1 Å². The van der Waals surface area contributed by atoms with E-state index in [1.165, 1.54) is 5.23 Å². The number of nitrogens with zero attached hydrogens (tertiary/aromatic N) is 1. The summed E-state index contributed by atoms with van der Waals surface area (Å²) in [7, 11) is 0. The van der Waals surface area contributed by atoms with Crippen LogP contribution in [0.25, 0.3) is 0 Å². The van der Waals surface area contributed by atoms with Crippen LogP contribution in [0.2, 0.25) is 0 Å². The third-order valence-electron chi connectivity index (χ3n) is 5.38. The summed E-state index contributed by atoms with van der Waals surface area (Å²) in [6.45, 7) is 1.98. The van der Waals surface area contributed by atoms with Gasteiger partial charge in [-0.3, -0.25) is 14.5 Å². The van der Waals surface area contributed by atoms with Crippen LogP contribution in [0, 0.1) is 0 Å². The maximum Gasteiger partial charge on any atom is 0.341 e. The van der Waals surface area contributed by atoms with Crippen molar-refractivity contribution in [2.24, 2.45) is 0 Å². The zero-order valence-electron chi connectivity index (χ0n) is 15.2. The quantitative estimate of drug-likeness (QED) is 0.594. The molecule has 0 saturated carbocycles. The molecule has 0 unspecified atom stereocenters. The van der Waals surface area contributed by atoms with Gasteiger partial charge in [0.15, 0.2) is 18.0 Å². The Morgan fingerprint density at radius 3 is 2.50 bits per heavy atom. The summed E-state index contributed by atoms with van der Waals surface area (Å²) in [6, 6.07) is 16.1. The molecule has 0 N–H and O–H groups in total. The molecule has 2 saturated heterocycles. The van der Waals surface area contributed by atoms with Crippen molar-refractivity contribution < 1.29 is 28.7 Å². The van der Waals surface area contributed by atoms with Crippen molar-refractivity contribution in [3.05, 3.63) is 65.7 Å². The number of hydrogen-bond acceptors (Lipinski definition) is 7. The zero-order valence-corrected chi connectivity index (χ0v) is 15.2. The highest BCUT2D eigenvalue weighted by atomic mass is 17.0. The van der Waals surface area contributed by atoms with Crippen LogP contribution in [0.15, 0.2) is 54.6 Å². The summed E-state index contributed by atoms with van der Waals surface area (Å²) >= 11 is 0. The van der Waals surface area contributed by atoms with Crippen LogP contribution < -0.4 is 4.74 Å². The van der Waals surface area contributed by atoms with Gasteiger partial charge >= 0.3 is 5.97 Å². The van der Waals surface area contributed by atoms with Gasteiger partial charge in [-0.2, -0.15) is 0 Å². The number of benzene rings is 2. The highest BCUT2D eigenvalue weighted by molar-refractivity contribution is 6.00. The lowest BCUT2D eigenvalue weighted by molar-refractivity contribution is -0.347. The van der Waals surface area contributed by atoms with Crippen molar-refractivity contribution in [3.63, 3.8) is 0 Å². The molecule has 2 aromatic rings. The standard InChI is InChI=1S/C21H19NO6/c1-2-25-21(24)20-19-16-15(13-10-6-7-11-14(13)26-19)18(27-22(16)28-20)17(23)12-8-4-3-5-9-12/h3-11,15-16,18-20H,2H2,1H3/t15-,16-,18-,19+,20+/m1/s1. The number of esters is 1. The molecule has 5 rings (SSSR count). The van der Waals surface area contributed by atoms with Gasteiger partial charge in [0.1, 0.15) is 11.8 Å². The topological polar surface area (TPSA) is 74.3 Å². The van der Waals surface area contributed by atoms with E-state index in [9.17, 15) is 9.59 Å². The second-order valence-corrected chi connectivity index (χ2v) is 6.96. The molecule has 7 heteroatoms. The van der Waals surface area contributed by atoms with Crippen molar-refractivity contribution in [1.82, 2.24) is 5.23 Å². The van der Waals surface area contributed by atoms with Gasteiger partial charge in [-0.25, -0.2) is 4.79 Å². The van der Waals surface area contributed by atoms with Gasteiger partial charge in [-0.1, -0.05) is 53.8 Å². The first-order chi connectivity index (χ1) is 13.7. The van der Waals surface area contributed by atoms with Crippen molar-refractivity contribution >= 4 is 11.8 Å². The molecule has 144 valence electrons. The molecule has 2 aromatic carbocycles. The SMILES string of the molecule is CCOC(=O)[C@H]1ON2O[C@@H](C(=O)c3ccccc3)[C@@H]3c4ccccc4O[C@H]1[C@@H]32. The molecule has 0 aromatic heterocycles. The molecule has 3 aliphatic rings. The number of Topliss-reactive ketones (excluding diaryl/α,β-unsaturated/α-hetero) is 1. The van der Waals surface area contributed by atoms with Gasteiger partial charge in [0.05, 0.1) is 6.61 Å². The van der Waals surface area contributed by atoms with Gasteiger partial charge in [0, 0.05) is 17.0 Å². The van der Waals surface area contributed by atoms with E-state index in [0.717, 1.165) is 5.56 Å². The van der Waals surface area contributed by atoms with Crippen LogP contribution in [0.5, 0.6) is 5.75 Å². The number of ketones is 1. The third kappa shape index (κ3) is 2.55. The number of ether oxygens (including phenoxy) is 2. The predicted octanol–water partition coefficient (Wildman–Crippen LogP) is 2.28. The minimum atomic E-state index is -0.936. The minimum Gasteiger partial charge on any atom is -0.485 e. The smallest absolute Gasteiger partial charge is 0.341 e. The Hall–Kier alpha value is -2.74. The fourth-order valence-corrected chi connectivity index (χ4v) is 4.20. The Bertz CT molecular complexity index is 916. The Morgan fingerprint density at radius 2 is 1.71 bits per heavy atom. The number of carbonyl (C=O) groups is 2. The highest BCUT2D eigenvalue weighted by Crippen LogP contribution is 2.50. The summed E-state index contributed by atoms with van der Waals surface area (Å²) < 4.78 is 11.2. The van der Waals surface area contributed by atoms with Crippen LogP contribution in [0.4, 0.5) is 0 Å². The monoisotopic (exact) mass is 381 g/mol.